The van der Waals surface area contributed by atoms with Crippen molar-refractivity contribution in [1.29, 1.82) is 0 Å². The van der Waals surface area contributed by atoms with Gasteiger partial charge in [-0.15, -0.1) is 0 Å². The van der Waals surface area contributed by atoms with Crippen LogP contribution in [0.4, 0.5) is 0 Å². The predicted octanol–water partition coefficient (Wildman–Crippen LogP) is 2.97. The summed E-state index contributed by atoms with van der Waals surface area (Å²) in [5.74, 6) is 0. The zero-order valence-electron chi connectivity index (χ0n) is 10.3. The number of aromatic nitrogens is 1. The van der Waals surface area contributed by atoms with Gasteiger partial charge in [0.25, 0.3) is 0 Å². The lowest BCUT2D eigenvalue weighted by molar-refractivity contribution is 0.481. The Morgan fingerprint density at radius 1 is 1.37 bits per heavy atom. The fourth-order valence-corrected chi connectivity index (χ4v) is 4.05. The second-order valence-corrected chi connectivity index (χ2v) is 6.94. The minimum Gasteiger partial charge on any atom is -0.327 e. The summed E-state index contributed by atoms with van der Waals surface area (Å²) in [7, 11) is 0. The van der Waals surface area contributed by atoms with E-state index in [1.54, 1.807) is 6.20 Å². The van der Waals surface area contributed by atoms with E-state index in [1.165, 1.54) is 0 Å². The van der Waals surface area contributed by atoms with Crippen LogP contribution in [0.1, 0.15) is 18.4 Å². The zero-order chi connectivity index (χ0) is 13.6. The van der Waals surface area contributed by atoms with E-state index in [-0.39, 0.29) is 15.5 Å². The summed E-state index contributed by atoms with van der Waals surface area (Å²) in [5.41, 5.74) is 14.4. The van der Waals surface area contributed by atoms with Gasteiger partial charge in [-0.2, -0.15) is 0 Å². The third kappa shape index (κ3) is 2.14. The number of hydrogen-bond acceptors (Lipinski definition) is 3. The highest BCUT2D eigenvalue weighted by molar-refractivity contribution is 14.1. The van der Waals surface area contributed by atoms with E-state index in [0.29, 0.717) is 5.02 Å². The van der Waals surface area contributed by atoms with Crippen LogP contribution in [-0.4, -0.2) is 15.0 Å². The molecule has 4 N–H and O–H groups in total. The lowest BCUT2D eigenvalue weighted by Crippen LogP contribution is -2.45. The summed E-state index contributed by atoms with van der Waals surface area (Å²) < 4.78 is 0.228. The van der Waals surface area contributed by atoms with E-state index in [0.717, 1.165) is 29.3 Å². The summed E-state index contributed by atoms with van der Waals surface area (Å²) in [5, 5.41) is 1.77. The molecular weight excluding hydrogens is 373 g/mol. The van der Waals surface area contributed by atoms with Crippen molar-refractivity contribution in [1.82, 2.24) is 4.98 Å². The van der Waals surface area contributed by atoms with Crippen molar-refractivity contribution in [3.05, 3.63) is 41.0 Å². The molecule has 0 aliphatic heterocycles. The van der Waals surface area contributed by atoms with Crippen LogP contribution in [0.15, 0.2) is 30.5 Å². The molecule has 19 heavy (non-hydrogen) atoms. The minimum atomic E-state index is -0.380. The van der Waals surface area contributed by atoms with E-state index in [1.807, 2.05) is 24.3 Å². The molecule has 1 aliphatic rings. The SMILES string of the molecule is NC1CCC(N)(c2ccnc3cc(Cl)ccc23)C1I. The first-order chi connectivity index (χ1) is 9.02. The topological polar surface area (TPSA) is 64.9 Å². The number of nitrogens with two attached hydrogens (primary N) is 2. The van der Waals surface area contributed by atoms with E-state index >= 15 is 0 Å². The fourth-order valence-electron chi connectivity index (χ4n) is 2.88. The number of nitrogens with zero attached hydrogens (tertiary/aromatic N) is 1. The predicted molar refractivity (Wildman–Crippen MR) is 87.6 cm³/mol. The van der Waals surface area contributed by atoms with Crippen LogP contribution in [0.3, 0.4) is 0 Å². The molecule has 0 spiro atoms. The molecule has 0 amide bonds. The Bertz CT molecular complexity index is 633. The molecular formula is C14H15ClIN3. The van der Waals surface area contributed by atoms with Gasteiger partial charge in [0.1, 0.15) is 0 Å². The average molecular weight is 388 g/mol. The number of rotatable bonds is 1. The summed E-state index contributed by atoms with van der Waals surface area (Å²) >= 11 is 8.41. The standard InChI is InChI=1S/C14H15ClIN3/c15-8-1-2-9-10(4-6-19-12(9)7-8)14(18)5-3-11(17)13(14)16/h1-2,4,6-7,11,13H,3,5,17-18H2. The minimum absolute atomic E-state index is 0.154. The van der Waals surface area contributed by atoms with Crippen molar-refractivity contribution < 1.29 is 0 Å². The van der Waals surface area contributed by atoms with E-state index < -0.39 is 0 Å². The molecule has 0 saturated heterocycles. The van der Waals surface area contributed by atoms with Crippen LogP contribution in [0, 0.1) is 0 Å². The Hall–Kier alpha value is -0.430. The molecule has 0 radical (unpaired) electrons. The van der Waals surface area contributed by atoms with Crippen LogP contribution in [0.5, 0.6) is 0 Å². The quantitative estimate of drug-likeness (QED) is 0.584. The Morgan fingerprint density at radius 2 is 2.16 bits per heavy atom. The third-order valence-corrected chi connectivity index (χ3v) is 6.24. The maximum absolute atomic E-state index is 6.67. The number of pyridine rings is 1. The van der Waals surface area contributed by atoms with Gasteiger partial charge in [-0.05, 0) is 36.6 Å². The third-order valence-electron chi connectivity index (χ3n) is 3.97. The highest BCUT2D eigenvalue weighted by Gasteiger charge is 2.44. The van der Waals surface area contributed by atoms with Crippen molar-refractivity contribution in [3.63, 3.8) is 0 Å². The highest BCUT2D eigenvalue weighted by Crippen LogP contribution is 2.43. The van der Waals surface area contributed by atoms with Gasteiger partial charge in [-0.25, -0.2) is 0 Å². The molecule has 1 aromatic heterocycles. The normalized spacial score (nSPS) is 30.9. The van der Waals surface area contributed by atoms with Crippen molar-refractivity contribution >= 4 is 45.1 Å². The first-order valence-electron chi connectivity index (χ1n) is 6.25. The molecule has 1 aromatic carbocycles. The second-order valence-electron chi connectivity index (χ2n) is 5.16. The van der Waals surface area contributed by atoms with Crippen molar-refractivity contribution in [2.45, 2.75) is 28.3 Å². The molecule has 3 rings (SSSR count). The Morgan fingerprint density at radius 3 is 2.84 bits per heavy atom. The van der Waals surface area contributed by atoms with E-state index in [4.69, 9.17) is 23.1 Å². The summed E-state index contributed by atoms with van der Waals surface area (Å²) in [6, 6.07) is 7.93. The van der Waals surface area contributed by atoms with Crippen LogP contribution >= 0.6 is 34.2 Å². The van der Waals surface area contributed by atoms with E-state index in [9.17, 15) is 0 Å². The van der Waals surface area contributed by atoms with Gasteiger partial charge in [0.15, 0.2) is 0 Å². The van der Waals surface area contributed by atoms with Gasteiger partial charge in [0.2, 0.25) is 0 Å². The van der Waals surface area contributed by atoms with Gasteiger partial charge in [0.05, 0.1) is 11.1 Å². The molecule has 1 fully saturated rings. The second kappa shape index (κ2) is 4.84. The van der Waals surface area contributed by atoms with E-state index in [2.05, 4.69) is 27.6 Å². The van der Waals surface area contributed by atoms with Crippen LogP contribution < -0.4 is 11.5 Å². The van der Waals surface area contributed by atoms with Gasteiger partial charge in [-0.3, -0.25) is 4.98 Å². The molecule has 3 unspecified atom stereocenters. The summed E-state index contributed by atoms with van der Waals surface area (Å²) in [6.07, 6.45) is 3.67. The van der Waals surface area contributed by atoms with Crippen molar-refractivity contribution in [3.8, 4) is 0 Å². The number of halogens is 2. The van der Waals surface area contributed by atoms with Gasteiger partial charge >= 0.3 is 0 Å². The lowest BCUT2D eigenvalue weighted by atomic mass is 9.87. The number of benzene rings is 1. The van der Waals surface area contributed by atoms with Gasteiger partial charge < -0.3 is 11.5 Å². The Kier molecular flexibility index (Phi) is 3.45. The van der Waals surface area contributed by atoms with Crippen molar-refractivity contribution in [2.24, 2.45) is 11.5 Å². The largest absolute Gasteiger partial charge is 0.327 e. The molecule has 3 nitrogen and oxygen atoms in total. The Labute approximate surface area is 130 Å². The first-order valence-corrected chi connectivity index (χ1v) is 7.88. The molecule has 0 bridgehead atoms. The molecule has 1 heterocycles. The maximum Gasteiger partial charge on any atom is 0.0720 e. The number of fused-ring (bicyclic) bond motifs is 1. The highest BCUT2D eigenvalue weighted by atomic mass is 127. The molecule has 2 aromatic rings. The zero-order valence-corrected chi connectivity index (χ0v) is 13.2. The molecule has 3 atom stereocenters. The molecule has 100 valence electrons. The van der Waals surface area contributed by atoms with Crippen LogP contribution in [-0.2, 0) is 5.54 Å². The van der Waals surface area contributed by atoms with Crippen molar-refractivity contribution in [2.75, 3.05) is 0 Å². The van der Waals surface area contributed by atoms with Crippen LogP contribution in [0.2, 0.25) is 5.02 Å². The molecule has 1 saturated carbocycles. The Balaban J connectivity index is 2.20. The molecule has 5 heteroatoms. The van der Waals surface area contributed by atoms with Crippen LogP contribution in [0.25, 0.3) is 10.9 Å². The van der Waals surface area contributed by atoms with Gasteiger partial charge in [-0.1, -0.05) is 40.3 Å². The molecule has 1 aliphatic carbocycles. The number of alkyl halides is 1. The average Bonchev–Trinajstić information content (AvgIpc) is 2.67. The summed E-state index contributed by atoms with van der Waals surface area (Å²) in [4.78, 5) is 4.38. The lowest BCUT2D eigenvalue weighted by Gasteiger charge is -2.30. The van der Waals surface area contributed by atoms with Gasteiger partial charge in [0, 0.05) is 26.6 Å². The number of hydrogen-bond donors (Lipinski definition) is 2. The summed E-state index contributed by atoms with van der Waals surface area (Å²) in [6.45, 7) is 0. The smallest absolute Gasteiger partial charge is 0.0720 e. The fraction of sp³-hybridized carbons (Fsp3) is 0.357. The maximum atomic E-state index is 6.67. The monoisotopic (exact) mass is 387 g/mol. The first kappa shape index (κ1) is 13.5.